The second-order valence-corrected chi connectivity index (χ2v) is 12.6. The molecule has 232 valence electrons. The van der Waals surface area contributed by atoms with Crippen molar-refractivity contribution < 1.29 is 28.2 Å². The largest absolute Gasteiger partial charge is 0.481 e. The summed E-state index contributed by atoms with van der Waals surface area (Å²) in [7, 11) is 0. The number of carboxylic acids is 1. The number of aliphatic carboxylic acids is 1. The van der Waals surface area contributed by atoms with Crippen molar-refractivity contribution in [3.63, 3.8) is 0 Å². The normalized spacial score (nSPS) is 17.8. The lowest BCUT2D eigenvalue weighted by molar-refractivity contribution is -0.147. The summed E-state index contributed by atoms with van der Waals surface area (Å²) in [5, 5.41) is 18.1. The van der Waals surface area contributed by atoms with Crippen molar-refractivity contribution in [3.8, 4) is 5.88 Å². The van der Waals surface area contributed by atoms with Gasteiger partial charge in [0.1, 0.15) is 5.60 Å². The van der Waals surface area contributed by atoms with E-state index in [-0.39, 0.29) is 5.65 Å². The van der Waals surface area contributed by atoms with Gasteiger partial charge in [-0.05, 0) is 67.6 Å². The molecule has 0 amide bonds. The van der Waals surface area contributed by atoms with Gasteiger partial charge < -0.3 is 14.6 Å². The number of carbonyl (C=O) groups is 1. The van der Waals surface area contributed by atoms with Crippen LogP contribution in [-0.4, -0.2) is 60.9 Å². The first-order valence-electron chi connectivity index (χ1n) is 14.9. The van der Waals surface area contributed by atoms with Crippen LogP contribution in [0.2, 0.25) is 0 Å². The van der Waals surface area contributed by atoms with E-state index in [1.165, 1.54) is 10.6 Å². The molecule has 1 atom stereocenters. The van der Waals surface area contributed by atoms with Gasteiger partial charge in [-0.2, -0.15) is 0 Å². The SMILES string of the molecule is Cc1ccc([C@@H](c2ccn3c(C(F)F)nnc3c2C)C(C)(C)C(=O)O)cc1CN1Cc2cccnc2OC2(CCOCC2)C1. The summed E-state index contributed by atoms with van der Waals surface area (Å²) >= 11 is 0. The van der Waals surface area contributed by atoms with Gasteiger partial charge in [0, 0.05) is 56.4 Å². The van der Waals surface area contributed by atoms with Gasteiger partial charge in [-0.15, -0.1) is 10.2 Å². The number of alkyl halides is 2. The van der Waals surface area contributed by atoms with Crippen molar-refractivity contribution in [2.45, 2.75) is 71.6 Å². The average Bonchev–Trinajstić information content (AvgIpc) is 3.36. The molecule has 0 bridgehead atoms. The van der Waals surface area contributed by atoms with Gasteiger partial charge in [0.05, 0.1) is 18.6 Å². The fraction of sp³-hybridized carbons (Fsp3) is 0.455. The van der Waals surface area contributed by atoms with Gasteiger partial charge in [-0.3, -0.25) is 14.1 Å². The number of carboxylic acid groups (broad SMARTS) is 1. The molecule has 9 nitrogen and oxygen atoms in total. The third kappa shape index (κ3) is 5.43. The third-order valence-corrected chi connectivity index (χ3v) is 9.25. The van der Waals surface area contributed by atoms with E-state index in [1.807, 2.05) is 24.3 Å². The lowest BCUT2D eigenvalue weighted by Gasteiger charge is -2.38. The van der Waals surface area contributed by atoms with Crippen molar-refractivity contribution >= 4 is 11.6 Å². The molecule has 0 unspecified atom stereocenters. The van der Waals surface area contributed by atoms with Crippen molar-refractivity contribution in [2.75, 3.05) is 19.8 Å². The fourth-order valence-corrected chi connectivity index (χ4v) is 6.66. The first kappa shape index (κ1) is 30.1. The smallest absolute Gasteiger partial charge is 0.310 e. The predicted molar refractivity (Wildman–Crippen MR) is 159 cm³/mol. The zero-order chi connectivity index (χ0) is 31.2. The molecule has 11 heteroatoms. The predicted octanol–water partition coefficient (Wildman–Crippen LogP) is 5.87. The standard InChI is InChI=1S/C33H37F2N5O4/c1-20-7-8-22(26(32(3,4)31(41)42)25-9-13-40-28(21(25)2)37-38-29(40)27(34)35)16-24(20)18-39-17-23-6-5-12-36-30(23)44-33(19-39)10-14-43-15-11-33/h5-9,12-13,16,26-27H,10-11,14-15,17-19H2,1-4H3,(H,41,42)/t26-/m0/s1. The Morgan fingerprint density at radius 3 is 2.64 bits per heavy atom. The van der Waals surface area contributed by atoms with E-state index >= 15 is 0 Å². The highest BCUT2D eigenvalue weighted by Gasteiger charge is 2.42. The number of ether oxygens (including phenoxy) is 2. The monoisotopic (exact) mass is 605 g/mol. The van der Waals surface area contributed by atoms with Crippen molar-refractivity contribution in [3.05, 3.63) is 88.0 Å². The molecule has 6 rings (SSSR count). The number of halogens is 2. The number of pyridine rings is 2. The number of aromatic nitrogens is 4. The Morgan fingerprint density at radius 2 is 1.91 bits per heavy atom. The van der Waals surface area contributed by atoms with Crippen LogP contribution < -0.4 is 4.74 Å². The Kier molecular flexibility index (Phi) is 7.87. The molecule has 0 saturated carbocycles. The van der Waals surface area contributed by atoms with Gasteiger partial charge in [0.2, 0.25) is 11.7 Å². The minimum absolute atomic E-state index is 0.287. The molecule has 4 aromatic rings. The van der Waals surface area contributed by atoms with Crippen LogP contribution >= 0.6 is 0 Å². The second kappa shape index (κ2) is 11.5. The van der Waals surface area contributed by atoms with E-state index in [4.69, 9.17) is 9.47 Å². The summed E-state index contributed by atoms with van der Waals surface area (Å²) in [5.41, 5.74) is 3.99. The average molecular weight is 606 g/mol. The highest BCUT2D eigenvalue weighted by molar-refractivity contribution is 5.77. The zero-order valence-corrected chi connectivity index (χ0v) is 25.4. The van der Waals surface area contributed by atoms with E-state index in [1.54, 1.807) is 33.0 Å². The van der Waals surface area contributed by atoms with Crippen LogP contribution in [0.1, 0.15) is 78.2 Å². The fourth-order valence-electron chi connectivity index (χ4n) is 6.66. The summed E-state index contributed by atoms with van der Waals surface area (Å²) in [6, 6.07) is 11.8. The highest BCUT2D eigenvalue weighted by atomic mass is 19.3. The number of aryl methyl sites for hydroxylation is 2. The van der Waals surface area contributed by atoms with Crippen LogP contribution in [0, 0.1) is 19.3 Å². The van der Waals surface area contributed by atoms with Crippen LogP contribution in [0.3, 0.4) is 0 Å². The molecule has 2 aliphatic rings. The molecular formula is C33H37F2N5O4. The molecule has 1 saturated heterocycles. The Morgan fingerprint density at radius 1 is 1.14 bits per heavy atom. The quantitative estimate of drug-likeness (QED) is 0.279. The summed E-state index contributed by atoms with van der Waals surface area (Å²) in [5.74, 6) is -1.33. The van der Waals surface area contributed by atoms with Crippen molar-refractivity contribution in [1.29, 1.82) is 0 Å². The minimum atomic E-state index is -2.78. The zero-order valence-electron chi connectivity index (χ0n) is 25.4. The van der Waals surface area contributed by atoms with E-state index in [9.17, 15) is 18.7 Å². The number of nitrogens with zero attached hydrogens (tertiary/aromatic N) is 5. The van der Waals surface area contributed by atoms with E-state index < -0.39 is 35.2 Å². The lowest BCUT2D eigenvalue weighted by Crippen LogP contribution is -2.49. The molecule has 3 aromatic heterocycles. The molecule has 1 aromatic carbocycles. The number of fused-ring (bicyclic) bond motifs is 2. The molecule has 1 N–H and O–H groups in total. The van der Waals surface area contributed by atoms with E-state index in [2.05, 4.69) is 33.1 Å². The number of benzene rings is 1. The van der Waals surface area contributed by atoms with Crippen molar-refractivity contribution in [1.82, 2.24) is 24.5 Å². The minimum Gasteiger partial charge on any atom is -0.481 e. The summed E-state index contributed by atoms with van der Waals surface area (Å²) < 4.78 is 40.6. The molecule has 0 aliphatic carbocycles. The summed E-state index contributed by atoms with van der Waals surface area (Å²) in [6.45, 7) is 10.5. The second-order valence-electron chi connectivity index (χ2n) is 12.6. The molecular weight excluding hydrogens is 568 g/mol. The van der Waals surface area contributed by atoms with E-state index in [0.29, 0.717) is 49.9 Å². The van der Waals surface area contributed by atoms with Gasteiger partial charge in [-0.1, -0.05) is 24.3 Å². The van der Waals surface area contributed by atoms with Gasteiger partial charge in [0.25, 0.3) is 6.43 Å². The van der Waals surface area contributed by atoms with Crippen LogP contribution in [0.25, 0.3) is 5.65 Å². The Bertz CT molecular complexity index is 1700. The van der Waals surface area contributed by atoms with Gasteiger partial charge in [0.15, 0.2) is 5.65 Å². The molecule has 1 fully saturated rings. The van der Waals surface area contributed by atoms with Gasteiger partial charge >= 0.3 is 5.97 Å². The van der Waals surface area contributed by atoms with Crippen molar-refractivity contribution in [2.24, 2.45) is 5.41 Å². The van der Waals surface area contributed by atoms with E-state index in [0.717, 1.165) is 35.1 Å². The molecule has 2 aliphatic heterocycles. The first-order valence-corrected chi connectivity index (χ1v) is 14.9. The lowest BCUT2D eigenvalue weighted by atomic mass is 9.70. The number of hydrogen-bond donors (Lipinski definition) is 1. The molecule has 1 spiro atoms. The molecule has 44 heavy (non-hydrogen) atoms. The molecule has 0 radical (unpaired) electrons. The topological polar surface area (TPSA) is 102 Å². The van der Waals surface area contributed by atoms with Crippen LogP contribution in [-0.2, 0) is 22.6 Å². The maximum atomic E-state index is 13.6. The van der Waals surface area contributed by atoms with Gasteiger partial charge in [-0.25, -0.2) is 13.8 Å². The third-order valence-electron chi connectivity index (χ3n) is 9.25. The van der Waals surface area contributed by atoms with Crippen LogP contribution in [0.15, 0.2) is 48.8 Å². The maximum absolute atomic E-state index is 13.6. The summed E-state index contributed by atoms with van der Waals surface area (Å²) in [6.07, 6.45) is 2.02. The Balaban J connectivity index is 1.40. The van der Waals surface area contributed by atoms with Crippen LogP contribution in [0.5, 0.6) is 5.88 Å². The Labute approximate surface area is 254 Å². The number of hydrogen-bond acceptors (Lipinski definition) is 7. The first-order chi connectivity index (χ1) is 21.0. The number of rotatable bonds is 7. The van der Waals surface area contributed by atoms with Crippen LogP contribution in [0.4, 0.5) is 8.78 Å². The molecule has 5 heterocycles. The maximum Gasteiger partial charge on any atom is 0.310 e. The highest BCUT2D eigenvalue weighted by Crippen LogP contribution is 2.44. The summed E-state index contributed by atoms with van der Waals surface area (Å²) in [4.78, 5) is 19.6. The Hall–Kier alpha value is -3.96.